The van der Waals surface area contributed by atoms with Gasteiger partial charge in [0.05, 0.1) is 12.2 Å². The number of rotatable bonds is 5. The van der Waals surface area contributed by atoms with Crippen LogP contribution in [0.2, 0.25) is 0 Å². The predicted octanol–water partition coefficient (Wildman–Crippen LogP) is 2.87. The summed E-state index contributed by atoms with van der Waals surface area (Å²) in [6.45, 7) is 2.48. The van der Waals surface area contributed by atoms with Crippen LogP contribution >= 0.6 is 0 Å². The standard InChI is InChI=1S/C16H18FN3O/c1-2-20(15-9-4-3-8-14(15)17)11-16(21)19-13-7-5-6-12(18)10-13/h3-10H,2,11,18H2,1H3,(H,19,21). The van der Waals surface area contributed by atoms with Crippen LogP contribution in [-0.4, -0.2) is 19.0 Å². The molecule has 0 atom stereocenters. The van der Waals surface area contributed by atoms with Crippen LogP contribution in [0.1, 0.15) is 6.92 Å². The van der Waals surface area contributed by atoms with Crippen molar-refractivity contribution < 1.29 is 9.18 Å². The van der Waals surface area contributed by atoms with Crippen LogP contribution in [0.25, 0.3) is 0 Å². The Morgan fingerprint density at radius 3 is 2.67 bits per heavy atom. The molecular formula is C16H18FN3O. The lowest BCUT2D eigenvalue weighted by molar-refractivity contribution is -0.115. The van der Waals surface area contributed by atoms with E-state index in [2.05, 4.69) is 5.32 Å². The van der Waals surface area contributed by atoms with Crippen molar-refractivity contribution >= 4 is 23.0 Å². The highest BCUT2D eigenvalue weighted by Crippen LogP contribution is 2.18. The summed E-state index contributed by atoms with van der Waals surface area (Å²) in [6, 6.07) is 13.4. The van der Waals surface area contributed by atoms with Crippen LogP contribution in [0.4, 0.5) is 21.5 Å². The molecule has 0 aliphatic heterocycles. The van der Waals surface area contributed by atoms with Gasteiger partial charge >= 0.3 is 0 Å². The zero-order chi connectivity index (χ0) is 15.2. The molecule has 0 heterocycles. The van der Waals surface area contributed by atoms with E-state index in [-0.39, 0.29) is 18.3 Å². The maximum atomic E-state index is 13.8. The number of para-hydroxylation sites is 1. The normalized spacial score (nSPS) is 10.2. The van der Waals surface area contributed by atoms with E-state index in [0.29, 0.717) is 23.6 Å². The van der Waals surface area contributed by atoms with Gasteiger partial charge in [0.15, 0.2) is 0 Å². The van der Waals surface area contributed by atoms with E-state index >= 15 is 0 Å². The fraction of sp³-hybridized carbons (Fsp3) is 0.188. The Labute approximate surface area is 123 Å². The SMILES string of the molecule is CCN(CC(=O)Nc1cccc(N)c1)c1ccccc1F. The smallest absolute Gasteiger partial charge is 0.243 e. The van der Waals surface area contributed by atoms with E-state index in [1.54, 1.807) is 47.4 Å². The topological polar surface area (TPSA) is 58.4 Å². The molecule has 0 bridgehead atoms. The summed E-state index contributed by atoms with van der Waals surface area (Å²) in [5.41, 5.74) is 7.29. The first-order valence-corrected chi connectivity index (χ1v) is 6.75. The summed E-state index contributed by atoms with van der Waals surface area (Å²) in [7, 11) is 0. The summed E-state index contributed by atoms with van der Waals surface area (Å²) in [5.74, 6) is -0.554. The van der Waals surface area contributed by atoms with Crippen LogP contribution in [0, 0.1) is 5.82 Å². The second-order valence-corrected chi connectivity index (χ2v) is 4.64. The number of likely N-dealkylation sites (N-methyl/N-ethyl adjacent to an activating group) is 1. The van der Waals surface area contributed by atoms with Crippen LogP contribution in [0.3, 0.4) is 0 Å². The molecule has 0 spiro atoms. The lowest BCUT2D eigenvalue weighted by Gasteiger charge is -2.22. The van der Waals surface area contributed by atoms with Gasteiger partial charge in [-0.15, -0.1) is 0 Å². The molecule has 0 saturated carbocycles. The minimum Gasteiger partial charge on any atom is -0.399 e. The molecule has 0 saturated heterocycles. The molecular weight excluding hydrogens is 269 g/mol. The van der Waals surface area contributed by atoms with Crippen molar-refractivity contribution in [1.29, 1.82) is 0 Å². The summed E-state index contributed by atoms with van der Waals surface area (Å²) in [6.07, 6.45) is 0. The van der Waals surface area contributed by atoms with Crippen molar-refractivity contribution in [2.75, 3.05) is 29.0 Å². The maximum absolute atomic E-state index is 13.8. The Morgan fingerprint density at radius 1 is 1.24 bits per heavy atom. The zero-order valence-corrected chi connectivity index (χ0v) is 11.8. The van der Waals surface area contributed by atoms with Crippen molar-refractivity contribution in [3.05, 3.63) is 54.3 Å². The van der Waals surface area contributed by atoms with E-state index in [1.165, 1.54) is 6.07 Å². The summed E-state index contributed by atoms with van der Waals surface area (Å²) in [5, 5.41) is 2.75. The molecule has 5 heteroatoms. The fourth-order valence-corrected chi connectivity index (χ4v) is 2.07. The number of nitrogens with zero attached hydrogens (tertiary/aromatic N) is 1. The van der Waals surface area contributed by atoms with Gasteiger partial charge in [0, 0.05) is 17.9 Å². The first-order chi connectivity index (χ1) is 10.1. The third-order valence-electron chi connectivity index (χ3n) is 3.08. The van der Waals surface area contributed by atoms with Gasteiger partial charge in [0.1, 0.15) is 5.82 Å². The number of nitrogen functional groups attached to an aromatic ring is 1. The Bertz CT molecular complexity index is 630. The highest BCUT2D eigenvalue weighted by molar-refractivity contribution is 5.94. The molecule has 0 radical (unpaired) electrons. The molecule has 3 N–H and O–H groups in total. The predicted molar refractivity (Wildman–Crippen MR) is 83.8 cm³/mol. The summed E-state index contributed by atoms with van der Waals surface area (Å²) in [4.78, 5) is 13.7. The third kappa shape index (κ3) is 3.95. The molecule has 0 fully saturated rings. The minimum absolute atomic E-state index is 0.0756. The van der Waals surface area contributed by atoms with E-state index in [1.807, 2.05) is 6.92 Å². The minimum atomic E-state index is -0.337. The van der Waals surface area contributed by atoms with Crippen molar-refractivity contribution in [3.8, 4) is 0 Å². The van der Waals surface area contributed by atoms with E-state index in [9.17, 15) is 9.18 Å². The van der Waals surface area contributed by atoms with Gasteiger partial charge < -0.3 is 16.0 Å². The average Bonchev–Trinajstić information content (AvgIpc) is 2.45. The van der Waals surface area contributed by atoms with Gasteiger partial charge in [-0.25, -0.2) is 4.39 Å². The van der Waals surface area contributed by atoms with Crippen molar-refractivity contribution in [2.24, 2.45) is 0 Å². The van der Waals surface area contributed by atoms with Crippen LogP contribution in [-0.2, 0) is 4.79 Å². The molecule has 0 aromatic heterocycles. The van der Waals surface area contributed by atoms with Gasteiger partial charge in [0.2, 0.25) is 5.91 Å². The third-order valence-corrected chi connectivity index (χ3v) is 3.08. The second-order valence-electron chi connectivity index (χ2n) is 4.64. The molecule has 0 aliphatic carbocycles. The van der Waals surface area contributed by atoms with E-state index < -0.39 is 0 Å². The summed E-state index contributed by atoms with van der Waals surface area (Å²) >= 11 is 0. The van der Waals surface area contributed by atoms with Crippen molar-refractivity contribution in [3.63, 3.8) is 0 Å². The molecule has 2 rings (SSSR count). The number of nitrogens with one attached hydrogen (secondary N) is 1. The number of carbonyl (C=O) groups is 1. The number of carbonyl (C=O) groups excluding carboxylic acids is 1. The molecule has 0 aliphatic rings. The molecule has 110 valence electrons. The Morgan fingerprint density at radius 2 is 2.00 bits per heavy atom. The molecule has 4 nitrogen and oxygen atoms in total. The number of anilines is 3. The van der Waals surface area contributed by atoms with Crippen LogP contribution in [0.5, 0.6) is 0 Å². The summed E-state index contributed by atoms with van der Waals surface area (Å²) < 4.78 is 13.8. The zero-order valence-electron chi connectivity index (χ0n) is 11.8. The number of nitrogens with two attached hydrogens (primary N) is 1. The van der Waals surface area contributed by atoms with E-state index in [0.717, 1.165) is 0 Å². The molecule has 0 unspecified atom stereocenters. The Balaban J connectivity index is 2.05. The van der Waals surface area contributed by atoms with Gasteiger partial charge in [-0.1, -0.05) is 18.2 Å². The largest absolute Gasteiger partial charge is 0.399 e. The number of halogens is 1. The first-order valence-electron chi connectivity index (χ1n) is 6.75. The van der Waals surface area contributed by atoms with Crippen LogP contribution < -0.4 is 16.0 Å². The highest BCUT2D eigenvalue weighted by Gasteiger charge is 2.13. The molecule has 1 amide bonds. The lowest BCUT2D eigenvalue weighted by atomic mass is 10.2. The van der Waals surface area contributed by atoms with Crippen molar-refractivity contribution in [1.82, 2.24) is 0 Å². The van der Waals surface area contributed by atoms with Crippen LogP contribution in [0.15, 0.2) is 48.5 Å². The quantitative estimate of drug-likeness (QED) is 0.831. The average molecular weight is 287 g/mol. The second kappa shape index (κ2) is 6.74. The first kappa shape index (κ1) is 14.8. The molecule has 2 aromatic carbocycles. The monoisotopic (exact) mass is 287 g/mol. The number of hydrogen-bond acceptors (Lipinski definition) is 3. The van der Waals surface area contributed by atoms with Gasteiger partial charge in [0.25, 0.3) is 0 Å². The number of benzene rings is 2. The Kier molecular flexibility index (Phi) is 4.77. The van der Waals surface area contributed by atoms with Gasteiger partial charge in [-0.3, -0.25) is 4.79 Å². The molecule has 21 heavy (non-hydrogen) atoms. The molecule has 2 aromatic rings. The van der Waals surface area contributed by atoms with Gasteiger partial charge in [-0.05, 0) is 37.3 Å². The maximum Gasteiger partial charge on any atom is 0.243 e. The number of hydrogen-bond donors (Lipinski definition) is 2. The number of amides is 1. The lowest BCUT2D eigenvalue weighted by Crippen LogP contribution is -2.33. The van der Waals surface area contributed by atoms with Gasteiger partial charge in [-0.2, -0.15) is 0 Å². The van der Waals surface area contributed by atoms with Crippen molar-refractivity contribution in [2.45, 2.75) is 6.92 Å². The fourth-order valence-electron chi connectivity index (χ4n) is 2.07. The van der Waals surface area contributed by atoms with E-state index in [4.69, 9.17) is 5.73 Å². The Hall–Kier alpha value is -2.56. The highest BCUT2D eigenvalue weighted by atomic mass is 19.1.